The molecule has 0 spiro atoms. The van der Waals surface area contributed by atoms with Crippen molar-refractivity contribution in [3.8, 4) is 11.4 Å². The smallest absolute Gasteiger partial charge is 0.280 e. The molecule has 3 rings (SSSR count). The van der Waals surface area contributed by atoms with Gasteiger partial charge < -0.3 is 4.98 Å². The number of H-pyrrole nitrogens is 1. The number of nitrogens with one attached hydrogen (secondary N) is 1. The molecule has 0 unspecified atom stereocenters. The van der Waals surface area contributed by atoms with Crippen LogP contribution in [0.5, 0.6) is 0 Å². The molecular formula is C19H24N6O. The second kappa shape index (κ2) is 8.51. The number of benzene rings is 1. The molecule has 0 saturated carbocycles. The van der Waals surface area contributed by atoms with E-state index in [9.17, 15) is 4.79 Å². The van der Waals surface area contributed by atoms with E-state index in [2.05, 4.69) is 38.4 Å². The van der Waals surface area contributed by atoms with E-state index in [4.69, 9.17) is 0 Å². The summed E-state index contributed by atoms with van der Waals surface area (Å²) in [7, 11) is 0. The summed E-state index contributed by atoms with van der Waals surface area (Å²) in [4.78, 5) is 21.4. The fourth-order valence-electron chi connectivity index (χ4n) is 2.77. The molecule has 136 valence electrons. The van der Waals surface area contributed by atoms with Crippen LogP contribution in [0.2, 0.25) is 0 Å². The van der Waals surface area contributed by atoms with E-state index in [-0.39, 0.29) is 5.56 Å². The number of fused-ring (bicyclic) bond motifs is 1. The summed E-state index contributed by atoms with van der Waals surface area (Å²) >= 11 is 0. The number of tetrazole rings is 1. The van der Waals surface area contributed by atoms with Gasteiger partial charge in [-0.25, -0.2) is 0 Å². The van der Waals surface area contributed by atoms with Gasteiger partial charge in [-0.15, -0.1) is 10.2 Å². The highest BCUT2D eigenvalue weighted by molar-refractivity contribution is 5.82. The fraction of sp³-hybridized carbons (Fsp3) is 0.421. The normalized spacial score (nSPS) is 11.6. The van der Waals surface area contributed by atoms with Gasteiger partial charge in [-0.2, -0.15) is 9.78 Å². The summed E-state index contributed by atoms with van der Waals surface area (Å²) in [6, 6.07) is 5.57. The number of hydrogen-bond donors (Lipinski definition) is 1. The van der Waals surface area contributed by atoms with Gasteiger partial charge in [0.2, 0.25) is 5.82 Å². The molecule has 7 heteroatoms. The second-order valence-corrected chi connectivity index (χ2v) is 6.27. The third-order valence-corrected chi connectivity index (χ3v) is 4.21. The minimum absolute atomic E-state index is 0.217. The van der Waals surface area contributed by atoms with E-state index in [1.54, 1.807) is 10.9 Å². The molecule has 0 atom stereocenters. The van der Waals surface area contributed by atoms with Crippen LogP contribution in [0.25, 0.3) is 22.3 Å². The zero-order valence-corrected chi connectivity index (χ0v) is 15.3. The van der Waals surface area contributed by atoms with Crippen molar-refractivity contribution in [1.82, 2.24) is 30.2 Å². The Bertz CT molecular complexity index is 956. The lowest BCUT2D eigenvalue weighted by Gasteiger charge is -2.04. The minimum Gasteiger partial charge on any atom is -0.343 e. The molecule has 1 N–H and O–H groups in total. The first-order valence-corrected chi connectivity index (χ1v) is 9.13. The van der Waals surface area contributed by atoms with Crippen molar-refractivity contribution in [2.45, 2.75) is 52.5 Å². The SMILES string of the molecule is C/C=C/CCCn1nnc(-c2ccc3[nH]c(CCCC)nc(=O)c3c2)n1. The Morgan fingerprint density at radius 3 is 2.96 bits per heavy atom. The lowest BCUT2D eigenvalue weighted by Crippen LogP contribution is -2.12. The van der Waals surface area contributed by atoms with Gasteiger partial charge in [-0.05, 0) is 49.6 Å². The molecule has 2 heterocycles. The van der Waals surface area contributed by atoms with Gasteiger partial charge in [0.15, 0.2) is 0 Å². The van der Waals surface area contributed by atoms with Crippen molar-refractivity contribution in [3.63, 3.8) is 0 Å². The van der Waals surface area contributed by atoms with Crippen LogP contribution in [0.15, 0.2) is 35.1 Å². The first kappa shape index (κ1) is 18.0. The van der Waals surface area contributed by atoms with Gasteiger partial charge in [0.25, 0.3) is 5.56 Å². The zero-order valence-electron chi connectivity index (χ0n) is 15.3. The Hall–Kier alpha value is -2.83. The van der Waals surface area contributed by atoms with Gasteiger partial charge >= 0.3 is 0 Å². The number of aryl methyl sites for hydroxylation is 2. The lowest BCUT2D eigenvalue weighted by molar-refractivity contribution is 0.503. The van der Waals surface area contributed by atoms with E-state index in [0.29, 0.717) is 17.8 Å². The van der Waals surface area contributed by atoms with Gasteiger partial charge in [0, 0.05) is 12.0 Å². The van der Waals surface area contributed by atoms with Crippen LogP contribution >= 0.6 is 0 Å². The Morgan fingerprint density at radius 2 is 2.15 bits per heavy atom. The van der Waals surface area contributed by atoms with Crippen molar-refractivity contribution in [2.24, 2.45) is 0 Å². The molecule has 3 aromatic rings. The van der Waals surface area contributed by atoms with E-state index in [1.165, 1.54) is 0 Å². The summed E-state index contributed by atoms with van der Waals surface area (Å²) in [5, 5.41) is 13.2. The Labute approximate surface area is 152 Å². The monoisotopic (exact) mass is 352 g/mol. The van der Waals surface area contributed by atoms with Crippen LogP contribution in [0.4, 0.5) is 0 Å². The number of unbranched alkanes of at least 4 members (excludes halogenated alkanes) is 2. The average molecular weight is 352 g/mol. The standard InChI is InChI=1S/C19H24N6O/c1-3-5-7-8-12-25-23-18(22-24-25)14-10-11-16-15(13-14)19(26)21-17(20-16)9-6-4-2/h3,5,10-11,13H,4,6-9,12H2,1-2H3,(H,20,21,26)/b5-3+. The first-order chi connectivity index (χ1) is 12.7. The molecule has 26 heavy (non-hydrogen) atoms. The van der Waals surface area contributed by atoms with Crippen LogP contribution < -0.4 is 5.56 Å². The van der Waals surface area contributed by atoms with Gasteiger partial charge in [-0.1, -0.05) is 25.5 Å². The van der Waals surface area contributed by atoms with E-state index in [0.717, 1.165) is 49.0 Å². The molecule has 0 fully saturated rings. The average Bonchev–Trinajstić information content (AvgIpc) is 3.12. The Morgan fingerprint density at radius 1 is 1.27 bits per heavy atom. The van der Waals surface area contributed by atoms with Crippen LogP contribution in [0, 0.1) is 0 Å². The number of hydrogen-bond acceptors (Lipinski definition) is 5. The highest BCUT2D eigenvalue weighted by Crippen LogP contribution is 2.18. The molecule has 0 radical (unpaired) electrons. The third kappa shape index (κ3) is 4.22. The molecule has 7 nitrogen and oxygen atoms in total. The summed E-state index contributed by atoms with van der Waals surface area (Å²) < 4.78 is 0. The third-order valence-electron chi connectivity index (χ3n) is 4.21. The topological polar surface area (TPSA) is 89.4 Å². The molecule has 0 aliphatic rings. The number of aromatic amines is 1. The first-order valence-electron chi connectivity index (χ1n) is 9.13. The molecule has 2 aromatic heterocycles. The molecule has 0 aliphatic carbocycles. The van der Waals surface area contributed by atoms with E-state index in [1.807, 2.05) is 25.1 Å². The van der Waals surface area contributed by atoms with Crippen LogP contribution in [-0.4, -0.2) is 30.2 Å². The maximum atomic E-state index is 12.4. The molecule has 0 saturated heterocycles. The Balaban J connectivity index is 1.82. The maximum absolute atomic E-state index is 12.4. The molecule has 0 aliphatic heterocycles. The van der Waals surface area contributed by atoms with Gasteiger partial charge in [-0.3, -0.25) is 4.79 Å². The van der Waals surface area contributed by atoms with E-state index < -0.39 is 0 Å². The van der Waals surface area contributed by atoms with Crippen LogP contribution in [-0.2, 0) is 13.0 Å². The quantitative estimate of drug-likeness (QED) is 0.496. The highest BCUT2D eigenvalue weighted by atomic mass is 16.1. The summed E-state index contributed by atoms with van der Waals surface area (Å²) in [5.41, 5.74) is 1.34. The number of aromatic nitrogens is 6. The maximum Gasteiger partial charge on any atom is 0.280 e. The van der Waals surface area contributed by atoms with Crippen LogP contribution in [0.3, 0.4) is 0 Å². The fourth-order valence-corrected chi connectivity index (χ4v) is 2.77. The molecule has 1 aromatic carbocycles. The van der Waals surface area contributed by atoms with Crippen molar-refractivity contribution in [1.29, 1.82) is 0 Å². The largest absolute Gasteiger partial charge is 0.343 e. The highest BCUT2D eigenvalue weighted by Gasteiger charge is 2.10. The van der Waals surface area contributed by atoms with Crippen molar-refractivity contribution >= 4 is 10.9 Å². The zero-order chi connectivity index (χ0) is 18.4. The predicted molar refractivity (Wildman–Crippen MR) is 102 cm³/mol. The van der Waals surface area contributed by atoms with Crippen molar-refractivity contribution < 1.29 is 0 Å². The number of rotatable bonds is 8. The summed E-state index contributed by atoms with van der Waals surface area (Å²) in [6.45, 7) is 4.84. The lowest BCUT2D eigenvalue weighted by atomic mass is 10.1. The van der Waals surface area contributed by atoms with Crippen LogP contribution in [0.1, 0.15) is 45.4 Å². The number of nitrogens with zero attached hydrogens (tertiary/aromatic N) is 5. The van der Waals surface area contributed by atoms with Gasteiger partial charge in [0.05, 0.1) is 17.4 Å². The molecule has 0 bridgehead atoms. The second-order valence-electron chi connectivity index (χ2n) is 6.27. The minimum atomic E-state index is -0.217. The summed E-state index contributed by atoms with van der Waals surface area (Å²) in [6.07, 6.45) is 8.97. The molecular weight excluding hydrogens is 328 g/mol. The van der Waals surface area contributed by atoms with Gasteiger partial charge in [0.1, 0.15) is 5.82 Å². The summed E-state index contributed by atoms with van der Waals surface area (Å²) in [5.74, 6) is 1.26. The Kier molecular flexibility index (Phi) is 5.88. The predicted octanol–water partition coefficient (Wildman–Crippen LogP) is 3.28. The van der Waals surface area contributed by atoms with Crippen molar-refractivity contribution in [2.75, 3.05) is 0 Å². The van der Waals surface area contributed by atoms with E-state index >= 15 is 0 Å². The number of allylic oxidation sites excluding steroid dienone is 2. The molecule has 0 amide bonds. The van der Waals surface area contributed by atoms with Crippen molar-refractivity contribution in [3.05, 3.63) is 46.5 Å².